The van der Waals surface area contributed by atoms with Gasteiger partial charge in [0.15, 0.2) is 0 Å². The first-order valence-corrected chi connectivity index (χ1v) is 7.09. The zero-order valence-corrected chi connectivity index (χ0v) is 13.5. The van der Waals surface area contributed by atoms with Crippen LogP contribution < -0.4 is 0 Å². The molecule has 0 saturated heterocycles. The highest BCUT2D eigenvalue weighted by Gasteiger charge is 2.34. The van der Waals surface area contributed by atoms with Gasteiger partial charge >= 0.3 is 5.97 Å². The molecule has 1 aromatic heterocycles. The second-order valence-electron chi connectivity index (χ2n) is 5.49. The monoisotopic (exact) mass is 336 g/mol. The van der Waals surface area contributed by atoms with Crippen molar-refractivity contribution >= 4 is 21.9 Å². The van der Waals surface area contributed by atoms with Crippen molar-refractivity contribution in [3.05, 3.63) is 45.7 Å². The van der Waals surface area contributed by atoms with Crippen LogP contribution >= 0.6 is 15.9 Å². The molecule has 0 amide bonds. The Kier molecular flexibility index (Phi) is 3.73. The molecule has 2 aromatic rings. The number of rotatable bonds is 3. The van der Waals surface area contributed by atoms with Crippen LogP contribution in [0, 0.1) is 13.8 Å². The van der Waals surface area contributed by atoms with Crippen LogP contribution in [0.25, 0.3) is 5.69 Å². The summed E-state index contributed by atoms with van der Waals surface area (Å²) < 4.78 is 2.42. The maximum absolute atomic E-state index is 11.4. The van der Waals surface area contributed by atoms with Gasteiger partial charge in [-0.25, -0.2) is 4.68 Å². The van der Waals surface area contributed by atoms with E-state index in [0.29, 0.717) is 10.2 Å². The Labute approximate surface area is 126 Å². The lowest BCUT2D eigenvalue weighted by Crippen LogP contribution is -2.29. The number of carboxylic acid groups (broad SMARTS) is 1. The smallest absolute Gasteiger partial charge is 0.315 e. The van der Waals surface area contributed by atoms with Crippen LogP contribution in [0.15, 0.2) is 28.9 Å². The predicted octanol–water partition coefficient (Wildman–Crippen LogP) is 3.61. The van der Waals surface area contributed by atoms with Gasteiger partial charge in [0, 0.05) is 6.20 Å². The normalized spacial score (nSPS) is 11.7. The summed E-state index contributed by atoms with van der Waals surface area (Å²) in [6.45, 7) is 7.35. The van der Waals surface area contributed by atoms with Crippen molar-refractivity contribution in [3.63, 3.8) is 0 Å². The molecule has 4 nitrogen and oxygen atoms in total. The molecule has 0 aliphatic heterocycles. The lowest BCUT2D eigenvalue weighted by atomic mass is 9.90. The number of hydrogen-bond acceptors (Lipinski definition) is 2. The molecule has 1 N–H and O–H groups in total. The van der Waals surface area contributed by atoms with E-state index in [0.717, 1.165) is 11.3 Å². The Morgan fingerprint density at radius 2 is 2.00 bits per heavy atom. The molecule has 0 aliphatic carbocycles. The fraction of sp³-hybridized carbons (Fsp3) is 0.333. The summed E-state index contributed by atoms with van der Waals surface area (Å²) in [6, 6.07) is 6.08. The van der Waals surface area contributed by atoms with Crippen LogP contribution in [0.5, 0.6) is 0 Å². The summed E-state index contributed by atoms with van der Waals surface area (Å²) >= 11 is 3.41. The Morgan fingerprint density at radius 1 is 1.35 bits per heavy atom. The number of hydrogen-bond donors (Lipinski definition) is 1. The van der Waals surface area contributed by atoms with Crippen LogP contribution in [0.4, 0.5) is 0 Å². The van der Waals surface area contributed by atoms with Gasteiger partial charge in [0.05, 0.1) is 15.9 Å². The fourth-order valence-electron chi connectivity index (χ4n) is 2.06. The molecule has 1 heterocycles. The predicted molar refractivity (Wildman–Crippen MR) is 81.4 cm³/mol. The van der Waals surface area contributed by atoms with Crippen molar-refractivity contribution in [1.82, 2.24) is 9.78 Å². The van der Waals surface area contributed by atoms with Gasteiger partial charge in [0.1, 0.15) is 5.41 Å². The quantitative estimate of drug-likeness (QED) is 0.931. The molecule has 0 atom stereocenters. The average molecular weight is 337 g/mol. The molecule has 20 heavy (non-hydrogen) atoms. The standard InChI is InChI=1S/C15H17BrN2O2/c1-9-5-6-12(10(2)7-9)18-8-11(16)13(17-18)15(3,4)14(19)20/h5-8H,1-4H3,(H,19,20). The first kappa shape index (κ1) is 14.8. The summed E-state index contributed by atoms with van der Waals surface area (Å²) in [6.07, 6.45) is 1.80. The molecule has 0 spiro atoms. The van der Waals surface area contributed by atoms with Gasteiger partial charge < -0.3 is 5.11 Å². The van der Waals surface area contributed by atoms with E-state index in [1.54, 1.807) is 24.7 Å². The summed E-state index contributed by atoms with van der Waals surface area (Å²) in [5.41, 5.74) is 2.71. The van der Waals surface area contributed by atoms with Gasteiger partial charge in [-0.15, -0.1) is 0 Å². The van der Waals surface area contributed by atoms with Crippen LogP contribution in [0.2, 0.25) is 0 Å². The van der Waals surface area contributed by atoms with E-state index in [1.165, 1.54) is 5.56 Å². The van der Waals surface area contributed by atoms with Crippen LogP contribution in [0.1, 0.15) is 30.7 Å². The molecule has 0 aliphatic rings. The third-order valence-electron chi connectivity index (χ3n) is 3.40. The number of halogens is 1. The van der Waals surface area contributed by atoms with Crippen molar-refractivity contribution in [1.29, 1.82) is 0 Å². The lowest BCUT2D eigenvalue weighted by molar-refractivity contribution is -0.142. The molecule has 0 unspecified atom stereocenters. The highest BCUT2D eigenvalue weighted by Crippen LogP contribution is 2.30. The SMILES string of the molecule is Cc1ccc(-n2cc(Br)c(C(C)(C)C(=O)O)n2)c(C)c1. The molecule has 0 saturated carbocycles. The molecule has 5 heteroatoms. The highest BCUT2D eigenvalue weighted by molar-refractivity contribution is 9.10. The minimum Gasteiger partial charge on any atom is -0.481 e. The Morgan fingerprint density at radius 3 is 2.55 bits per heavy atom. The highest BCUT2D eigenvalue weighted by atomic mass is 79.9. The molecule has 1 aromatic carbocycles. The summed E-state index contributed by atoms with van der Waals surface area (Å²) in [5.74, 6) is -0.899. The van der Waals surface area contributed by atoms with Crippen molar-refractivity contribution in [3.8, 4) is 5.69 Å². The van der Waals surface area contributed by atoms with Crippen LogP contribution in [-0.2, 0) is 10.2 Å². The maximum Gasteiger partial charge on any atom is 0.315 e. The third kappa shape index (κ3) is 2.50. The number of aryl methyl sites for hydroxylation is 2. The molecule has 0 bridgehead atoms. The first-order valence-electron chi connectivity index (χ1n) is 6.30. The molecule has 0 radical (unpaired) electrons. The van der Waals surface area contributed by atoms with E-state index >= 15 is 0 Å². The lowest BCUT2D eigenvalue weighted by Gasteiger charge is -2.16. The van der Waals surface area contributed by atoms with Crippen LogP contribution in [-0.4, -0.2) is 20.9 Å². The minimum atomic E-state index is -1.04. The van der Waals surface area contributed by atoms with E-state index in [1.807, 2.05) is 26.0 Å². The van der Waals surface area contributed by atoms with Crippen molar-refractivity contribution < 1.29 is 9.90 Å². The van der Waals surface area contributed by atoms with Crippen LogP contribution in [0.3, 0.4) is 0 Å². The van der Waals surface area contributed by atoms with Gasteiger partial charge in [-0.2, -0.15) is 5.10 Å². The maximum atomic E-state index is 11.4. The Bertz CT molecular complexity index is 675. The van der Waals surface area contributed by atoms with E-state index < -0.39 is 11.4 Å². The zero-order valence-electron chi connectivity index (χ0n) is 11.9. The number of nitrogens with zero attached hydrogens (tertiary/aromatic N) is 2. The topological polar surface area (TPSA) is 55.1 Å². The van der Waals surface area contributed by atoms with E-state index in [-0.39, 0.29) is 0 Å². The van der Waals surface area contributed by atoms with Crippen molar-refractivity contribution in [2.75, 3.05) is 0 Å². The van der Waals surface area contributed by atoms with Gasteiger partial charge in [0.2, 0.25) is 0 Å². The molecule has 2 rings (SSSR count). The number of benzene rings is 1. The zero-order chi connectivity index (χ0) is 15.1. The van der Waals surface area contributed by atoms with Gasteiger partial charge in [-0.3, -0.25) is 4.79 Å². The second kappa shape index (κ2) is 5.05. The van der Waals surface area contributed by atoms with Crippen molar-refractivity contribution in [2.45, 2.75) is 33.1 Å². The Balaban J connectivity index is 2.54. The number of aromatic nitrogens is 2. The third-order valence-corrected chi connectivity index (χ3v) is 3.98. The summed E-state index contributed by atoms with van der Waals surface area (Å²) in [4.78, 5) is 11.4. The van der Waals surface area contributed by atoms with Crippen molar-refractivity contribution in [2.24, 2.45) is 0 Å². The first-order chi connectivity index (χ1) is 9.23. The van der Waals surface area contributed by atoms with Gasteiger partial charge in [-0.05, 0) is 55.3 Å². The summed E-state index contributed by atoms with van der Waals surface area (Å²) in [7, 11) is 0. The second-order valence-corrected chi connectivity index (χ2v) is 6.34. The largest absolute Gasteiger partial charge is 0.481 e. The fourth-order valence-corrected chi connectivity index (χ4v) is 2.83. The van der Waals surface area contributed by atoms with E-state index in [9.17, 15) is 9.90 Å². The number of carboxylic acids is 1. The minimum absolute atomic E-state index is 0.518. The van der Waals surface area contributed by atoms with E-state index in [4.69, 9.17) is 0 Å². The van der Waals surface area contributed by atoms with Gasteiger partial charge in [0.25, 0.3) is 0 Å². The molecule has 0 fully saturated rings. The number of aliphatic carboxylic acids is 1. The Hall–Kier alpha value is -1.62. The number of carbonyl (C=O) groups is 1. The molecular formula is C15H17BrN2O2. The average Bonchev–Trinajstić information content (AvgIpc) is 2.71. The summed E-state index contributed by atoms with van der Waals surface area (Å²) in [5, 5.41) is 13.8. The van der Waals surface area contributed by atoms with Gasteiger partial charge in [-0.1, -0.05) is 17.7 Å². The van der Waals surface area contributed by atoms with E-state index in [2.05, 4.69) is 27.1 Å². The molecular weight excluding hydrogens is 320 g/mol. The molecule has 106 valence electrons.